The van der Waals surface area contributed by atoms with Crippen LogP contribution in [0.25, 0.3) is 0 Å². The molecule has 1 heterocycles. The van der Waals surface area contributed by atoms with Crippen LogP contribution < -0.4 is 4.90 Å². The molecule has 0 spiro atoms. The van der Waals surface area contributed by atoms with Gasteiger partial charge in [0.25, 0.3) is 0 Å². The molecule has 0 aromatic heterocycles. The third kappa shape index (κ3) is 2.14. The van der Waals surface area contributed by atoms with Gasteiger partial charge < -0.3 is 4.90 Å². The van der Waals surface area contributed by atoms with Crippen molar-refractivity contribution < 1.29 is 4.79 Å². The maximum Gasteiger partial charge on any atom is 0.150 e. The fourth-order valence-electron chi connectivity index (χ4n) is 2.76. The minimum absolute atomic E-state index is 0.772. The van der Waals surface area contributed by atoms with E-state index in [1.807, 2.05) is 19.1 Å². The zero-order valence-corrected chi connectivity index (χ0v) is 11.1. The summed E-state index contributed by atoms with van der Waals surface area (Å²) < 4.78 is 0. The maximum atomic E-state index is 10.9. The molecule has 0 aliphatic carbocycles. The van der Waals surface area contributed by atoms with Crippen LogP contribution in [0.4, 0.5) is 11.4 Å². The van der Waals surface area contributed by atoms with Gasteiger partial charge in [-0.05, 0) is 55.2 Å². The molecule has 0 bridgehead atoms. The first kappa shape index (κ1) is 12.0. The smallest absolute Gasteiger partial charge is 0.150 e. The van der Waals surface area contributed by atoms with Gasteiger partial charge in [0.1, 0.15) is 6.29 Å². The number of nitrogens with zero attached hydrogens (tertiary/aromatic N) is 1. The Morgan fingerprint density at radius 1 is 1.16 bits per heavy atom. The number of para-hydroxylation sites is 1. The number of aldehydes is 1. The number of carbonyl (C=O) groups is 1. The summed E-state index contributed by atoms with van der Waals surface area (Å²) in [5.41, 5.74) is 5.69. The first-order valence-electron chi connectivity index (χ1n) is 6.71. The van der Waals surface area contributed by atoms with E-state index in [0.29, 0.717) is 0 Å². The fraction of sp³-hybridized carbons (Fsp3) is 0.235. The molecule has 2 nitrogen and oxygen atoms in total. The lowest BCUT2D eigenvalue weighted by atomic mass is 10.00. The molecule has 2 aromatic carbocycles. The molecule has 1 aliphatic heterocycles. The fourth-order valence-corrected chi connectivity index (χ4v) is 2.76. The molecule has 96 valence electrons. The molecule has 0 unspecified atom stereocenters. The molecule has 0 saturated heterocycles. The van der Waals surface area contributed by atoms with E-state index in [2.05, 4.69) is 35.2 Å². The zero-order chi connectivity index (χ0) is 13.2. The summed E-state index contributed by atoms with van der Waals surface area (Å²) in [6.07, 6.45) is 3.24. The molecular formula is C17H17NO. The molecule has 0 atom stereocenters. The maximum absolute atomic E-state index is 10.9. The summed E-state index contributed by atoms with van der Waals surface area (Å²) in [5, 5.41) is 0. The van der Waals surface area contributed by atoms with Gasteiger partial charge in [-0.15, -0.1) is 0 Å². The zero-order valence-electron chi connectivity index (χ0n) is 11.1. The number of benzene rings is 2. The summed E-state index contributed by atoms with van der Waals surface area (Å²) in [5.74, 6) is 0. The van der Waals surface area contributed by atoms with Gasteiger partial charge in [-0.3, -0.25) is 4.79 Å². The highest BCUT2D eigenvalue weighted by Gasteiger charge is 2.17. The molecular weight excluding hydrogens is 234 g/mol. The molecule has 0 fully saturated rings. The number of anilines is 2. The Kier molecular flexibility index (Phi) is 3.08. The van der Waals surface area contributed by atoms with Crippen LogP contribution in [0.5, 0.6) is 0 Å². The topological polar surface area (TPSA) is 20.3 Å². The molecule has 0 N–H and O–H groups in total. The van der Waals surface area contributed by atoms with E-state index in [1.54, 1.807) is 0 Å². The van der Waals surface area contributed by atoms with E-state index in [4.69, 9.17) is 0 Å². The van der Waals surface area contributed by atoms with Gasteiger partial charge in [0.2, 0.25) is 0 Å². The normalized spacial score (nSPS) is 14.1. The number of rotatable bonds is 2. The largest absolute Gasteiger partial charge is 0.341 e. The number of hydrogen-bond acceptors (Lipinski definition) is 2. The Hall–Kier alpha value is -2.09. The Morgan fingerprint density at radius 3 is 2.79 bits per heavy atom. The van der Waals surface area contributed by atoms with Crippen molar-refractivity contribution in [2.24, 2.45) is 0 Å². The molecule has 1 aliphatic rings. The second-order valence-corrected chi connectivity index (χ2v) is 5.04. The van der Waals surface area contributed by atoms with Gasteiger partial charge in [0.15, 0.2) is 0 Å². The van der Waals surface area contributed by atoms with Gasteiger partial charge >= 0.3 is 0 Å². The second-order valence-electron chi connectivity index (χ2n) is 5.04. The minimum Gasteiger partial charge on any atom is -0.341 e. The Morgan fingerprint density at radius 2 is 2.00 bits per heavy atom. The van der Waals surface area contributed by atoms with Crippen molar-refractivity contribution in [3.63, 3.8) is 0 Å². The summed E-state index contributed by atoms with van der Waals surface area (Å²) in [6.45, 7) is 3.03. The minimum atomic E-state index is 0.772. The lowest BCUT2D eigenvalue weighted by Crippen LogP contribution is -2.24. The summed E-state index contributed by atoms with van der Waals surface area (Å²) in [4.78, 5) is 13.2. The van der Waals surface area contributed by atoms with Gasteiger partial charge in [-0.25, -0.2) is 0 Å². The SMILES string of the molecule is Cc1cc(N2CCCc3ccccc32)ccc1C=O. The Bertz CT molecular complexity index is 618. The van der Waals surface area contributed by atoms with Crippen LogP contribution in [-0.4, -0.2) is 12.8 Å². The predicted octanol–water partition coefficient (Wildman–Crippen LogP) is 3.89. The lowest BCUT2D eigenvalue weighted by molar-refractivity contribution is 0.112. The van der Waals surface area contributed by atoms with Crippen molar-refractivity contribution in [3.8, 4) is 0 Å². The summed E-state index contributed by atoms with van der Waals surface area (Å²) in [7, 11) is 0. The van der Waals surface area contributed by atoms with Crippen LogP contribution in [-0.2, 0) is 6.42 Å². The highest BCUT2D eigenvalue weighted by atomic mass is 16.1. The molecule has 0 saturated carbocycles. The quantitative estimate of drug-likeness (QED) is 0.755. The first-order chi connectivity index (χ1) is 9.29. The van der Waals surface area contributed by atoms with E-state index in [0.717, 1.165) is 30.4 Å². The van der Waals surface area contributed by atoms with Crippen LogP contribution >= 0.6 is 0 Å². The monoisotopic (exact) mass is 251 g/mol. The van der Waals surface area contributed by atoms with Crippen molar-refractivity contribution in [2.45, 2.75) is 19.8 Å². The standard InChI is InChI=1S/C17H17NO/c1-13-11-16(9-8-15(13)12-19)18-10-4-6-14-5-2-3-7-17(14)18/h2-3,5,7-9,11-12H,4,6,10H2,1H3. The number of hydrogen-bond donors (Lipinski definition) is 0. The van der Waals surface area contributed by atoms with Crippen molar-refractivity contribution in [1.82, 2.24) is 0 Å². The summed E-state index contributed by atoms with van der Waals surface area (Å²) >= 11 is 0. The van der Waals surface area contributed by atoms with Crippen LogP contribution in [0.1, 0.15) is 27.9 Å². The first-order valence-corrected chi connectivity index (χ1v) is 6.71. The molecule has 2 aromatic rings. The van der Waals surface area contributed by atoms with Crippen LogP contribution in [0.2, 0.25) is 0 Å². The van der Waals surface area contributed by atoms with Crippen molar-refractivity contribution >= 4 is 17.7 Å². The highest BCUT2D eigenvalue weighted by Crippen LogP contribution is 2.33. The highest BCUT2D eigenvalue weighted by molar-refractivity contribution is 5.79. The molecule has 3 rings (SSSR count). The number of aryl methyl sites for hydroxylation is 2. The third-order valence-corrected chi connectivity index (χ3v) is 3.80. The van der Waals surface area contributed by atoms with Gasteiger partial charge in [0.05, 0.1) is 0 Å². The van der Waals surface area contributed by atoms with E-state index < -0.39 is 0 Å². The van der Waals surface area contributed by atoms with E-state index >= 15 is 0 Å². The van der Waals surface area contributed by atoms with Gasteiger partial charge in [-0.2, -0.15) is 0 Å². The number of carbonyl (C=O) groups excluding carboxylic acids is 1. The Balaban J connectivity index is 2.04. The summed E-state index contributed by atoms with van der Waals surface area (Å²) in [6, 6.07) is 14.6. The molecule has 2 heteroatoms. The van der Waals surface area contributed by atoms with Crippen molar-refractivity contribution in [1.29, 1.82) is 0 Å². The average Bonchev–Trinajstić information content (AvgIpc) is 2.46. The molecule has 0 amide bonds. The second kappa shape index (κ2) is 4.88. The van der Waals surface area contributed by atoms with Crippen LogP contribution in [0.3, 0.4) is 0 Å². The third-order valence-electron chi connectivity index (χ3n) is 3.80. The van der Waals surface area contributed by atoms with Crippen LogP contribution in [0, 0.1) is 6.92 Å². The Labute approximate surface area is 113 Å². The van der Waals surface area contributed by atoms with Crippen LogP contribution in [0.15, 0.2) is 42.5 Å². The lowest BCUT2D eigenvalue weighted by Gasteiger charge is -2.31. The molecule has 19 heavy (non-hydrogen) atoms. The average molecular weight is 251 g/mol. The number of fused-ring (bicyclic) bond motifs is 1. The van der Waals surface area contributed by atoms with E-state index in [9.17, 15) is 4.79 Å². The van der Waals surface area contributed by atoms with E-state index in [1.165, 1.54) is 23.4 Å². The predicted molar refractivity (Wildman–Crippen MR) is 78.3 cm³/mol. The molecule has 0 radical (unpaired) electrons. The van der Waals surface area contributed by atoms with Gasteiger partial charge in [0, 0.05) is 23.5 Å². The van der Waals surface area contributed by atoms with Crippen molar-refractivity contribution in [3.05, 3.63) is 59.2 Å². The van der Waals surface area contributed by atoms with E-state index in [-0.39, 0.29) is 0 Å². The van der Waals surface area contributed by atoms with Gasteiger partial charge in [-0.1, -0.05) is 18.2 Å². The van der Waals surface area contributed by atoms with Crippen molar-refractivity contribution in [2.75, 3.05) is 11.4 Å².